The second-order valence-corrected chi connectivity index (χ2v) is 5.70. The summed E-state index contributed by atoms with van der Waals surface area (Å²) in [4.78, 5) is 11.6. The summed E-state index contributed by atoms with van der Waals surface area (Å²) in [7, 11) is 0. The Hall–Kier alpha value is -0.780. The molecule has 1 rings (SSSR count). The fraction of sp³-hybridized carbons (Fsp3) is 0.417. The number of hydrogen-bond donors (Lipinski definition) is 2. The third-order valence-electron chi connectivity index (χ3n) is 2.36. The average molecular weight is 292 g/mol. The summed E-state index contributed by atoms with van der Waals surface area (Å²) in [6, 6.07) is 3.79. The van der Waals surface area contributed by atoms with Crippen LogP contribution in [0.3, 0.4) is 0 Å². The number of nitrogens with one attached hydrogen (secondary N) is 1. The fourth-order valence-electron chi connectivity index (χ4n) is 1.12. The summed E-state index contributed by atoms with van der Waals surface area (Å²) in [5.74, 6) is -0.476. The lowest BCUT2D eigenvalue weighted by atomic mass is 10.3. The van der Waals surface area contributed by atoms with Gasteiger partial charge in [-0.25, -0.2) is 4.39 Å². The van der Waals surface area contributed by atoms with Gasteiger partial charge in [-0.05, 0) is 25.1 Å². The lowest BCUT2D eigenvalue weighted by molar-refractivity contribution is -0.113. The van der Waals surface area contributed by atoms with E-state index in [2.05, 4.69) is 5.32 Å². The Morgan fingerprint density at radius 3 is 2.78 bits per heavy atom. The van der Waals surface area contributed by atoms with E-state index in [1.54, 1.807) is 6.92 Å². The zero-order valence-corrected chi connectivity index (χ0v) is 11.7. The van der Waals surface area contributed by atoms with Crippen LogP contribution in [0, 0.1) is 5.82 Å². The Morgan fingerprint density at radius 1 is 1.56 bits per heavy atom. The van der Waals surface area contributed by atoms with Gasteiger partial charge in [0.2, 0.25) is 5.91 Å². The monoisotopic (exact) mass is 291 g/mol. The normalized spacial score (nSPS) is 14.1. The zero-order valence-electron chi connectivity index (χ0n) is 10.1. The van der Waals surface area contributed by atoms with Crippen LogP contribution >= 0.6 is 23.4 Å². The van der Waals surface area contributed by atoms with Crippen LogP contribution in [0.1, 0.15) is 13.8 Å². The molecule has 18 heavy (non-hydrogen) atoms. The van der Waals surface area contributed by atoms with Gasteiger partial charge in [0, 0.05) is 5.25 Å². The van der Waals surface area contributed by atoms with Gasteiger partial charge in [-0.3, -0.25) is 4.79 Å². The van der Waals surface area contributed by atoms with Gasteiger partial charge >= 0.3 is 0 Å². The molecular weight excluding hydrogens is 277 g/mol. The second kappa shape index (κ2) is 6.97. The Labute approximate surface area is 115 Å². The molecule has 0 radical (unpaired) electrons. The number of aliphatic hydroxyl groups excluding tert-OH is 1. The number of amides is 1. The molecule has 0 aliphatic carbocycles. The van der Waals surface area contributed by atoms with Crippen LogP contribution in [-0.2, 0) is 4.79 Å². The van der Waals surface area contributed by atoms with Crippen molar-refractivity contribution >= 4 is 35.0 Å². The predicted molar refractivity (Wildman–Crippen MR) is 73.6 cm³/mol. The van der Waals surface area contributed by atoms with E-state index in [9.17, 15) is 14.3 Å². The van der Waals surface area contributed by atoms with E-state index in [-0.39, 0.29) is 21.9 Å². The number of rotatable bonds is 5. The van der Waals surface area contributed by atoms with E-state index in [1.165, 1.54) is 23.9 Å². The van der Waals surface area contributed by atoms with Crippen LogP contribution in [-0.4, -0.2) is 28.1 Å². The first-order valence-corrected chi connectivity index (χ1v) is 6.87. The highest BCUT2D eigenvalue weighted by Crippen LogP contribution is 2.23. The molecule has 0 heterocycles. The highest BCUT2D eigenvalue weighted by molar-refractivity contribution is 8.00. The SMILES string of the molecule is CC(O)C(C)SCC(=O)Nc1ccc(F)cc1Cl. The molecule has 1 aromatic carbocycles. The summed E-state index contributed by atoms with van der Waals surface area (Å²) in [6.07, 6.45) is -0.475. The Morgan fingerprint density at radius 2 is 2.22 bits per heavy atom. The van der Waals surface area contributed by atoms with Crippen molar-refractivity contribution in [3.05, 3.63) is 29.0 Å². The van der Waals surface area contributed by atoms with E-state index < -0.39 is 11.9 Å². The molecule has 0 saturated carbocycles. The smallest absolute Gasteiger partial charge is 0.234 e. The molecule has 1 amide bonds. The van der Waals surface area contributed by atoms with Gasteiger partial charge in [-0.2, -0.15) is 0 Å². The molecule has 0 fully saturated rings. The standard InChI is InChI=1S/C12H15ClFNO2S/c1-7(16)8(2)18-6-12(17)15-11-4-3-9(14)5-10(11)13/h3-5,7-8,16H,6H2,1-2H3,(H,15,17). The quantitative estimate of drug-likeness (QED) is 0.877. The number of aliphatic hydroxyl groups is 1. The van der Waals surface area contributed by atoms with Gasteiger partial charge in [0.05, 0.1) is 22.6 Å². The highest BCUT2D eigenvalue weighted by atomic mass is 35.5. The van der Waals surface area contributed by atoms with Crippen molar-refractivity contribution in [2.45, 2.75) is 25.2 Å². The summed E-state index contributed by atoms with van der Waals surface area (Å²) in [5, 5.41) is 12.0. The molecule has 0 aromatic heterocycles. The molecular formula is C12H15ClFNO2S. The van der Waals surface area contributed by atoms with E-state index in [1.807, 2.05) is 6.92 Å². The minimum Gasteiger partial charge on any atom is -0.392 e. The number of thioether (sulfide) groups is 1. The predicted octanol–water partition coefficient (Wildman–Crippen LogP) is 2.92. The summed E-state index contributed by atoms with van der Waals surface area (Å²) in [6.45, 7) is 3.51. The number of hydrogen-bond acceptors (Lipinski definition) is 3. The fourth-order valence-corrected chi connectivity index (χ4v) is 2.10. The number of carbonyl (C=O) groups is 1. The molecule has 0 aliphatic heterocycles. The molecule has 0 saturated heterocycles. The maximum Gasteiger partial charge on any atom is 0.234 e. The molecule has 1 aromatic rings. The van der Waals surface area contributed by atoms with Crippen molar-refractivity contribution in [2.75, 3.05) is 11.1 Å². The summed E-state index contributed by atoms with van der Waals surface area (Å²) >= 11 is 7.13. The van der Waals surface area contributed by atoms with Crippen LogP contribution in [0.4, 0.5) is 10.1 Å². The molecule has 0 aliphatic rings. The minimum atomic E-state index is -0.475. The van der Waals surface area contributed by atoms with Gasteiger partial charge in [0.1, 0.15) is 5.82 Å². The third-order valence-corrected chi connectivity index (χ3v) is 4.02. The molecule has 2 N–H and O–H groups in total. The van der Waals surface area contributed by atoms with Crippen molar-refractivity contribution in [1.29, 1.82) is 0 Å². The van der Waals surface area contributed by atoms with Crippen LogP contribution in [0.2, 0.25) is 5.02 Å². The topological polar surface area (TPSA) is 49.3 Å². The van der Waals surface area contributed by atoms with Crippen LogP contribution in [0.25, 0.3) is 0 Å². The number of halogens is 2. The first kappa shape index (κ1) is 15.3. The van der Waals surface area contributed by atoms with Crippen molar-refractivity contribution in [3.63, 3.8) is 0 Å². The number of benzene rings is 1. The maximum atomic E-state index is 12.8. The van der Waals surface area contributed by atoms with Crippen molar-refractivity contribution in [2.24, 2.45) is 0 Å². The van der Waals surface area contributed by atoms with Crippen LogP contribution < -0.4 is 5.32 Å². The summed E-state index contributed by atoms with van der Waals surface area (Å²) in [5.41, 5.74) is 0.383. The van der Waals surface area contributed by atoms with Gasteiger partial charge in [0.15, 0.2) is 0 Å². The van der Waals surface area contributed by atoms with Crippen molar-refractivity contribution < 1.29 is 14.3 Å². The molecule has 3 nitrogen and oxygen atoms in total. The van der Waals surface area contributed by atoms with E-state index >= 15 is 0 Å². The van der Waals surface area contributed by atoms with Crippen molar-refractivity contribution in [3.8, 4) is 0 Å². The van der Waals surface area contributed by atoms with Gasteiger partial charge in [0.25, 0.3) is 0 Å². The highest BCUT2D eigenvalue weighted by Gasteiger charge is 2.12. The maximum absolute atomic E-state index is 12.8. The van der Waals surface area contributed by atoms with Gasteiger partial charge < -0.3 is 10.4 Å². The number of carbonyl (C=O) groups excluding carboxylic acids is 1. The summed E-state index contributed by atoms with van der Waals surface area (Å²) < 4.78 is 12.8. The first-order valence-electron chi connectivity index (χ1n) is 5.44. The van der Waals surface area contributed by atoms with E-state index in [4.69, 9.17) is 11.6 Å². The molecule has 2 atom stereocenters. The average Bonchev–Trinajstić information content (AvgIpc) is 2.29. The van der Waals surface area contributed by atoms with Crippen molar-refractivity contribution in [1.82, 2.24) is 0 Å². The largest absolute Gasteiger partial charge is 0.392 e. The Kier molecular flexibility index (Phi) is 5.91. The van der Waals surface area contributed by atoms with E-state index in [0.717, 1.165) is 6.07 Å². The molecule has 0 bridgehead atoms. The minimum absolute atomic E-state index is 0.0283. The second-order valence-electron chi connectivity index (χ2n) is 3.93. The van der Waals surface area contributed by atoms with Crippen LogP contribution in [0.15, 0.2) is 18.2 Å². The molecule has 100 valence electrons. The van der Waals surface area contributed by atoms with Gasteiger partial charge in [-0.1, -0.05) is 18.5 Å². The van der Waals surface area contributed by atoms with Crippen LogP contribution in [0.5, 0.6) is 0 Å². The molecule has 0 spiro atoms. The number of anilines is 1. The third kappa shape index (κ3) is 4.84. The zero-order chi connectivity index (χ0) is 13.7. The van der Waals surface area contributed by atoms with E-state index in [0.29, 0.717) is 5.69 Å². The Balaban J connectivity index is 2.50. The van der Waals surface area contributed by atoms with Gasteiger partial charge in [-0.15, -0.1) is 11.8 Å². The first-order chi connectivity index (χ1) is 8.40. The lowest BCUT2D eigenvalue weighted by Gasteiger charge is -2.14. The Bertz CT molecular complexity index is 429. The molecule has 6 heteroatoms. The lowest BCUT2D eigenvalue weighted by Crippen LogP contribution is -2.20. The molecule has 2 unspecified atom stereocenters.